The lowest BCUT2D eigenvalue weighted by Crippen LogP contribution is -2.26. The van der Waals surface area contributed by atoms with Crippen LogP contribution in [0.2, 0.25) is 0 Å². The summed E-state index contributed by atoms with van der Waals surface area (Å²) in [5.74, 6) is 0. The smallest absolute Gasteiger partial charge is 0.137 e. The third-order valence-corrected chi connectivity index (χ3v) is 2.59. The van der Waals surface area contributed by atoms with Gasteiger partial charge < -0.3 is 15.2 Å². The van der Waals surface area contributed by atoms with Crippen LogP contribution in [0.5, 0.6) is 0 Å². The number of hydrogen-bond acceptors (Lipinski definition) is 3. The van der Waals surface area contributed by atoms with Crippen molar-refractivity contribution in [1.82, 2.24) is 20.2 Å². The number of H-pyrrole nitrogens is 1. The summed E-state index contributed by atoms with van der Waals surface area (Å²) in [6.07, 6.45) is 3.84. The van der Waals surface area contributed by atoms with E-state index < -0.39 is 0 Å². The minimum atomic E-state index is 0.888. The number of hydrogen-bond donors (Lipinski definition) is 2. The monoisotopic (exact) mass is 218 g/mol. The fourth-order valence-electron chi connectivity index (χ4n) is 1.68. The molecule has 2 N–H and O–H groups in total. The molecule has 86 valence electrons. The number of aromatic amines is 1. The van der Waals surface area contributed by atoms with E-state index in [1.165, 1.54) is 10.9 Å². The van der Waals surface area contributed by atoms with Gasteiger partial charge in [-0.3, -0.25) is 0 Å². The molecular formula is C12H18N4. The Morgan fingerprint density at radius 1 is 1.44 bits per heavy atom. The van der Waals surface area contributed by atoms with E-state index >= 15 is 0 Å². The molecule has 0 aromatic carbocycles. The summed E-state index contributed by atoms with van der Waals surface area (Å²) < 4.78 is 0. The van der Waals surface area contributed by atoms with Crippen molar-refractivity contribution < 1.29 is 0 Å². The number of nitrogens with zero attached hydrogens (tertiary/aromatic N) is 2. The van der Waals surface area contributed by atoms with Gasteiger partial charge in [-0.15, -0.1) is 0 Å². The molecule has 4 heteroatoms. The zero-order valence-corrected chi connectivity index (χ0v) is 9.83. The Balaban J connectivity index is 1.94. The molecule has 2 rings (SSSR count). The molecule has 0 aliphatic rings. The van der Waals surface area contributed by atoms with Gasteiger partial charge in [0.15, 0.2) is 0 Å². The number of pyridine rings is 1. The third-order valence-electron chi connectivity index (χ3n) is 2.59. The van der Waals surface area contributed by atoms with Crippen molar-refractivity contribution >= 4 is 11.0 Å². The Kier molecular flexibility index (Phi) is 3.54. The molecule has 0 aliphatic heterocycles. The molecule has 0 saturated heterocycles. The van der Waals surface area contributed by atoms with E-state index in [0.717, 1.165) is 25.3 Å². The molecule has 0 unspecified atom stereocenters. The van der Waals surface area contributed by atoms with Crippen LogP contribution in [-0.4, -0.2) is 42.1 Å². The van der Waals surface area contributed by atoms with Crippen molar-refractivity contribution in [2.45, 2.75) is 6.54 Å². The summed E-state index contributed by atoms with van der Waals surface area (Å²) in [5.41, 5.74) is 2.24. The topological polar surface area (TPSA) is 44.0 Å². The van der Waals surface area contributed by atoms with E-state index in [9.17, 15) is 0 Å². The molecule has 2 heterocycles. The Hall–Kier alpha value is -1.39. The second-order valence-electron chi connectivity index (χ2n) is 4.19. The van der Waals surface area contributed by atoms with Gasteiger partial charge in [-0.1, -0.05) is 0 Å². The molecule has 0 atom stereocenters. The lowest BCUT2D eigenvalue weighted by atomic mass is 10.2. The van der Waals surface area contributed by atoms with Crippen molar-refractivity contribution in [3.63, 3.8) is 0 Å². The van der Waals surface area contributed by atoms with Gasteiger partial charge in [0.05, 0.1) is 0 Å². The van der Waals surface area contributed by atoms with Gasteiger partial charge >= 0.3 is 0 Å². The Morgan fingerprint density at radius 3 is 3.12 bits per heavy atom. The first-order chi connectivity index (χ1) is 7.77. The van der Waals surface area contributed by atoms with Crippen molar-refractivity contribution in [3.8, 4) is 0 Å². The van der Waals surface area contributed by atoms with Gasteiger partial charge in [-0.25, -0.2) is 4.98 Å². The second-order valence-corrected chi connectivity index (χ2v) is 4.19. The lowest BCUT2D eigenvalue weighted by molar-refractivity contribution is 0.400. The molecule has 0 fully saturated rings. The maximum Gasteiger partial charge on any atom is 0.137 e. The fourth-order valence-corrected chi connectivity index (χ4v) is 1.68. The predicted octanol–water partition coefficient (Wildman–Crippen LogP) is 1.21. The van der Waals surface area contributed by atoms with Crippen molar-refractivity contribution in [3.05, 3.63) is 30.1 Å². The van der Waals surface area contributed by atoms with Crippen molar-refractivity contribution in [1.29, 1.82) is 0 Å². The highest BCUT2D eigenvalue weighted by Gasteiger charge is 2.02. The average Bonchev–Trinajstić information content (AvgIpc) is 2.68. The summed E-state index contributed by atoms with van der Waals surface area (Å²) in [7, 11) is 4.16. The van der Waals surface area contributed by atoms with E-state index in [2.05, 4.69) is 40.3 Å². The molecule has 0 amide bonds. The van der Waals surface area contributed by atoms with E-state index in [4.69, 9.17) is 0 Å². The quantitative estimate of drug-likeness (QED) is 0.741. The van der Waals surface area contributed by atoms with Crippen LogP contribution < -0.4 is 5.32 Å². The Bertz CT molecular complexity index is 447. The third kappa shape index (κ3) is 2.59. The summed E-state index contributed by atoms with van der Waals surface area (Å²) in [6.45, 7) is 2.94. The molecule has 16 heavy (non-hydrogen) atoms. The molecule has 0 radical (unpaired) electrons. The Labute approximate surface area is 95.7 Å². The van der Waals surface area contributed by atoms with Crippen LogP contribution in [0.3, 0.4) is 0 Å². The van der Waals surface area contributed by atoms with Crippen LogP contribution in [0.1, 0.15) is 5.56 Å². The number of aromatic nitrogens is 2. The Morgan fingerprint density at radius 2 is 2.31 bits per heavy atom. The fraction of sp³-hybridized carbons (Fsp3) is 0.417. The maximum absolute atomic E-state index is 4.27. The van der Waals surface area contributed by atoms with Crippen LogP contribution in [0.4, 0.5) is 0 Å². The molecule has 0 aliphatic carbocycles. The van der Waals surface area contributed by atoms with Gasteiger partial charge in [0.1, 0.15) is 5.65 Å². The summed E-state index contributed by atoms with van der Waals surface area (Å²) in [4.78, 5) is 9.61. The number of nitrogens with one attached hydrogen (secondary N) is 2. The molecular weight excluding hydrogens is 200 g/mol. The standard InChI is InChI=1S/C12H18N4/c1-16(2)7-6-13-8-10-9-15-12-11(10)4-3-5-14-12/h3-5,9,13H,6-8H2,1-2H3,(H,14,15). The van der Waals surface area contributed by atoms with Crippen LogP contribution in [0.15, 0.2) is 24.5 Å². The van der Waals surface area contributed by atoms with Crippen molar-refractivity contribution in [2.75, 3.05) is 27.2 Å². The SMILES string of the molecule is CN(C)CCNCc1c[nH]c2ncccc12. The van der Waals surface area contributed by atoms with Crippen LogP contribution in [0, 0.1) is 0 Å². The van der Waals surface area contributed by atoms with E-state index in [1.807, 2.05) is 18.5 Å². The highest BCUT2D eigenvalue weighted by atomic mass is 15.1. The van der Waals surface area contributed by atoms with Crippen LogP contribution >= 0.6 is 0 Å². The van der Waals surface area contributed by atoms with E-state index in [1.54, 1.807) is 0 Å². The molecule has 0 saturated carbocycles. The number of fused-ring (bicyclic) bond motifs is 1. The first-order valence-corrected chi connectivity index (χ1v) is 5.54. The van der Waals surface area contributed by atoms with Gasteiger partial charge in [0.25, 0.3) is 0 Å². The van der Waals surface area contributed by atoms with Gasteiger partial charge in [-0.2, -0.15) is 0 Å². The highest BCUT2D eigenvalue weighted by Crippen LogP contribution is 2.14. The number of rotatable bonds is 5. The molecule has 2 aromatic heterocycles. The normalized spacial score (nSPS) is 11.4. The van der Waals surface area contributed by atoms with Crippen molar-refractivity contribution in [2.24, 2.45) is 0 Å². The van der Waals surface area contributed by atoms with Gasteiger partial charge in [0, 0.05) is 37.4 Å². The van der Waals surface area contributed by atoms with E-state index in [-0.39, 0.29) is 0 Å². The summed E-state index contributed by atoms with van der Waals surface area (Å²) >= 11 is 0. The summed E-state index contributed by atoms with van der Waals surface area (Å²) in [5, 5.41) is 4.63. The second kappa shape index (κ2) is 5.09. The number of likely N-dealkylation sites (N-methyl/N-ethyl adjacent to an activating group) is 1. The maximum atomic E-state index is 4.27. The van der Waals surface area contributed by atoms with Gasteiger partial charge in [-0.05, 0) is 31.8 Å². The minimum absolute atomic E-state index is 0.888. The molecule has 0 bridgehead atoms. The lowest BCUT2D eigenvalue weighted by Gasteiger charge is -2.09. The highest BCUT2D eigenvalue weighted by molar-refractivity contribution is 5.79. The van der Waals surface area contributed by atoms with Gasteiger partial charge in [0.2, 0.25) is 0 Å². The average molecular weight is 218 g/mol. The minimum Gasteiger partial charge on any atom is -0.346 e. The predicted molar refractivity (Wildman–Crippen MR) is 66.4 cm³/mol. The molecule has 2 aromatic rings. The summed E-state index contributed by atoms with van der Waals surface area (Å²) in [6, 6.07) is 4.07. The van der Waals surface area contributed by atoms with E-state index in [0.29, 0.717) is 0 Å². The zero-order valence-electron chi connectivity index (χ0n) is 9.83. The van der Waals surface area contributed by atoms with Crippen LogP contribution in [-0.2, 0) is 6.54 Å². The van der Waals surface area contributed by atoms with Crippen LogP contribution in [0.25, 0.3) is 11.0 Å². The first kappa shape index (κ1) is 11.1. The molecule has 4 nitrogen and oxygen atoms in total. The zero-order chi connectivity index (χ0) is 11.4. The molecule has 0 spiro atoms. The first-order valence-electron chi connectivity index (χ1n) is 5.54. The largest absolute Gasteiger partial charge is 0.346 e.